The fourth-order valence-corrected chi connectivity index (χ4v) is 3.91. The van der Waals surface area contributed by atoms with Crippen molar-refractivity contribution in [1.82, 2.24) is 14.9 Å². The molecule has 1 aliphatic rings. The third-order valence-corrected chi connectivity index (χ3v) is 5.60. The van der Waals surface area contributed by atoms with Gasteiger partial charge in [-0.25, -0.2) is 9.37 Å². The number of alkyl halides is 3. The molecule has 4 rings (SSSR count). The number of benzene rings is 2. The molecule has 0 aliphatic carbocycles. The predicted molar refractivity (Wildman–Crippen MR) is 111 cm³/mol. The van der Waals surface area contributed by atoms with Crippen LogP contribution in [0.1, 0.15) is 35.6 Å². The summed E-state index contributed by atoms with van der Waals surface area (Å²) in [7, 11) is 0. The SMILES string of the molecule is O=C(Cc1ccc(F)cc1)N1CCC[C@H](c2cncc(-c3cccc(C(F)(F)F)c3)n2)C1. The highest BCUT2D eigenvalue weighted by Crippen LogP contribution is 2.32. The van der Waals surface area contributed by atoms with Crippen molar-refractivity contribution in [2.75, 3.05) is 13.1 Å². The molecule has 1 aliphatic heterocycles. The van der Waals surface area contributed by atoms with Gasteiger partial charge in [0.1, 0.15) is 5.82 Å². The fraction of sp³-hybridized carbons (Fsp3) is 0.292. The summed E-state index contributed by atoms with van der Waals surface area (Å²) in [4.78, 5) is 23.3. The van der Waals surface area contributed by atoms with E-state index in [-0.39, 0.29) is 24.1 Å². The molecule has 0 spiro atoms. The topological polar surface area (TPSA) is 46.1 Å². The van der Waals surface area contributed by atoms with Gasteiger partial charge in [-0.05, 0) is 42.7 Å². The van der Waals surface area contributed by atoms with E-state index >= 15 is 0 Å². The number of amides is 1. The molecular weight excluding hydrogens is 422 g/mol. The first kappa shape index (κ1) is 21.9. The molecule has 0 radical (unpaired) electrons. The molecule has 1 atom stereocenters. The van der Waals surface area contributed by atoms with Crippen LogP contribution in [0, 0.1) is 5.82 Å². The Morgan fingerprint density at radius 2 is 1.88 bits per heavy atom. The van der Waals surface area contributed by atoms with Gasteiger partial charge in [0, 0.05) is 30.8 Å². The second kappa shape index (κ2) is 9.06. The number of rotatable bonds is 4. The molecular formula is C24H21F4N3O. The van der Waals surface area contributed by atoms with Crippen molar-refractivity contribution < 1.29 is 22.4 Å². The highest BCUT2D eigenvalue weighted by Gasteiger charge is 2.31. The largest absolute Gasteiger partial charge is 0.416 e. The van der Waals surface area contributed by atoms with Gasteiger partial charge in [-0.15, -0.1) is 0 Å². The van der Waals surface area contributed by atoms with Crippen molar-refractivity contribution in [3.63, 3.8) is 0 Å². The minimum absolute atomic E-state index is 0.0525. The number of hydrogen-bond acceptors (Lipinski definition) is 3. The molecule has 1 aromatic heterocycles. The summed E-state index contributed by atoms with van der Waals surface area (Å²) in [6.07, 6.45) is 0.393. The molecule has 32 heavy (non-hydrogen) atoms. The molecule has 4 nitrogen and oxygen atoms in total. The van der Waals surface area contributed by atoms with Gasteiger partial charge in [0.05, 0.1) is 29.6 Å². The molecule has 1 fully saturated rings. The normalized spacial score (nSPS) is 16.8. The third-order valence-electron chi connectivity index (χ3n) is 5.60. The first-order valence-electron chi connectivity index (χ1n) is 10.3. The summed E-state index contributed by atoms with van der Waals surface area (Å²) in [5.74, 6) is -0.457. The fourth-order valence-electron chi connectivity index (χ4n) is 3.91. The number of nitrogens with zero attached hydrogens (tertiary/aromatic N) is 3. The van der Waals surface area contributed by atoms with E-state index in [9.17, 15) is 22.4 Å². The molecule has 2 heterocycles. The Morgan fingerprint density at radius 1 is 1.09 bits per heavy atom. The summed E-state index contributed by atoms with van der Waals surface area (Å²) in [5, 5.41) is 0. The van der Waals surface area contributed by atoms with E-state index < -0.39 is 11.7 Å². The lowest BCUT2D eigenvalue weighted by Gasteiger charge is -2.32. The molecule has 0 saturated carbocycles. The van der Waals surface area contributed by atoms with Crippen LogP contribution in [0.15, 0.2) is 60.9 Å². The highest BCUT2D eigenvalue weighted by atomic mass is 19.4. The lowest BCUT2D eigenvalue weighted by atomic mass is 9.94. The van der Waals surface area contributed by atoms with Crippen molar-refractivity contribution in [1.29, 1.82) is 0 Å². The predicted octanol–water partition coefficient (Wildman–Crippen LogP) is 5.25. The maximum absolute atomic E-state index is 13.1. The second-order valence-corrected chi connectivity index (χ2v) is 7.89. The van der Waals surface area contributed by atoms with Crippen molar-refractivity contribution in [2.45, 2.75) is 31.4 Å². The second-order valence-electron chi connectivity index (χ2n) is 7.89. The van der Waals surface area contributed by atoms with Crippen LogP contribution in [0.2, 0.25) is 0 Å². The van der Waals surface area contributed by atoms with E-state index in [1.54, 1.807) is 29.3 Å². The quantitative estimate of drug-likeness (QED) is 0.518. The van der Waals surface area contributed by atoms with Gasteiger partial charge in [-0.3, -0.25) is 9.78 Å². The number of carbonyl (C=O) groups is 1. The average Bonchev–Trinajstić information content (AvgIpc) is 2.80. The first-order chi connectivity index (χ1) is 15.3. The van der Waals surface area contributed by atoms with Crippen LogP contribution in [-0.2, 0) is 17.4 Å². The van der Waals surface area contributed by atoms with Crippen LogP contribution >= 0.6 is 0 Å². The average molecular weight is 443 g/mol. The zero-order chi connectivity index (χ0) is 22.7. The lowest BCUT2D eigenvalue weighted by Crippen LogP contribution is -2.40. The summed E-state index contributed by atoms with van der Waals surface area (Å²) < 4.78 is 52.3. The van der Waals surface area contributed by atoms with Crippen LogP contribution in [0.25, 0.3) is 11.3 Å². The van der Waals surface area contributed by atoms with Gasteiger partial charge in [0.15, 0.2) is 0 Å². The molecule has 1 amide bonds. The molecule has 1 saturated heterocycles. The number of hydrogen-bond donors (Lipinski definition) is 0. The van der Waals surface area contributed by atoms with Gasteiger partial charge in [0.25, 0.3) is 0 Å². The van der Waals surface area contributed by atoms with Crippen molar-refractivity contribution in [3.8, 4) is 11.3 Å². The maximum atomic E-state index is 13.1. The van der Waals surface area contributed by atoms with Crippen LogP contribution < -0.4 is 0 Å². The maximum Gasteiger partial charge on any atom is 0.416 e. The van der Waals surface area contributed by atoms with Crippen LogP contribution in [0.3, 0.4) is 0 Å². The van der Waals surface area contributed by atoms with Gasteiger partial charge in [-0.1, -0.05) is 24.3 Å². The standard InChI is InChI=1S/C24H21F4N3O/c25-20-8-6-16(7-9-20)11-23(32)31-10-2-4-18(15-31)22-14-29-13-21(30-22)17-3-1-5-19(12-17)24(26,27)28/h1,3,5-9,12-14,18H,2,4,10-11,15H2/t18-/m0/s1. The van der Waals surface area contributed by atoms with E-state index in [4.69, 9.17) is 0 Å². The monoisotopic (exact) mass is 443 g/mol. The summed E-state index contributed by atoms with van der Waals surface area (Å²) >= 11 is 0. The van der Waals surface area contributed by atoms with Crippen molar-refractivity contribution in [2.24, 2.45) is 0 Å². The number of carbonyl (C=O) groups excluding carboxylic acids is 1. The van der Waals surface area contributed by atoms with Gasteiger partial charge >= 0.3 is 6.18 Å². The molecule has 0 unspecified atom stereocenters. The van der Waals surface area contributed by atoms with Crippen LogP contribution in [0.4, 0.5) is 17.6 Å². The minimum Gasteiger partial charge on any atom is -0.342 e. The van der Waals surface area contributed by atoms with Crippen molar-refractivity contribution in [3.05, 3.63) is 83.6 Å². The zero-order valence-electron chi connectivity index (χ0n) is 17.1. The Kier molecular flexibility index (Phi) is 6.21. The zero-order valence-corrected chi connectivity index (χ0v) is 17.1. The van der Waals surface area contributed by atoms with E-state index in [0.717, 1.165) is 30.5 Å². The molecule has 0 bridgehead atoms. The van der Waals surface area contributed by atoms with Gasteiger partial charge in [-0.2, -0.15) is 13.2 Å². The summed E-state index contributed by atoms with van der Waals surface area (Å²) in [6, 6.07) is 10.9. The Labute approximate surface area is 182 Å². The smallest absolute Gasteiger partial charge is 0.342 e. The minimum atomic E-state index is -4.43. The Morgan fingerprint density at radius 3 is 2.62 bits per heavy atom. The molecule has 2 aromatic carbocycles. The molecule has 0 N–H and O–H groups in total. The Balaban J connectivity index is 1.49. The summed E-state index contributed by atoms with van der Waals surface area (Å²) in [6.45, 7) is 1.08. The van der Waals surface area contributed by atoms with Gasteiger partial charge < -0.3 is 4.90 Å². The number of halogens is 4. The lowest BCUT2D eigenvalue weighted by molar-refractivity contribution is -0.137. The van der Waals surface area contributed by atoms with Crippen molar-refractivity contribution >= 4 is 5.91 Å². The van der Waals surface area contributed by atoms with E-state index in [1.165, 1.54) is 24.4 Å². The van der Waals surface area contributed by atoms with E-state index in [1.807, 2.05) is 0 Å². The number of piperidine rings is 1. The number of aromatic nitrogens is 2. The third kappa shape index (κ3) is 5.12. The van der Waals surface area contributed by atoms with Crippen LogP contribution in [0.5, 0.6) is 0 Å². The molecule has 8 heteroatoms. The Bertz CT molecular complexity index is 1100. The number of likely N-dealkylation sites (tertiary alicyclic amines) is 1. The molecule has 3 aromatic rings. The Hall–Kier alpha value is -3.29. The van der Waals surface area contributed by atoms with Crippen LogP contribution in [-0.4, -0.2) is 33.9 Å². The summed E-state index contributed by atoms with van der Waals surface area (Å²) in [5.41, 5.74) is 1.36. The van der Waals surface area contributed by atoms with Gasteiger partial charge in [0.2, 0.25) is 5.91 Å². The highest BCUT2D eigenvalue weighted by molar-refractivity contribution is 5.79. The first-order valence-corrected chi connectivity index (χ1v) is 10.3. The van der Waals surface area contributed by atoms with E-state index in [2.05, 4.69) is 9.97 Å². The van der Waals surface area contributed by atoms with E-state index in [0.29, 0.717) is 30.0 Å². The molecule has 166 valence electrons.